The van der Waals surface area contributed by atoms with Gasteiger partial charge < -0.3 is 27.9 Å². The van der Waals surface area contributed by atoms with Crippen LogP contribution in [0.15, 0.2) is 0 Å². The highest BCUT2D eigenvalue weighted by Gasteiger charge is 2.21. The third-order valence-electron chi connectivity index (χ3n) is 8.13. The molecule has 0 fully saturated rings. The molecular weight excluding hydrogens is 605 g/mol. The van der Waals surface area contributed by atoms with Crippen molar-refractivity contribution in [3.05, 3.63) is 0 Å². The van der Waals surface area contributed by atoms with Gasteiger partial charge in [0, 0.05) is 12.8 Å². The fraction of sp³-hybridized carbons (Fsp3) is 0.944. The van der Waals surface area contributed by atoms with Crippen LogP contribution in [0.25, 0.3) is 0 Å². The second-order valence-corrected chi connectivity index (χ2v) is 15.4. The number of hydrogen-bond donors (Lipinski definition) is 0. The maximum atomic E-state index is 12.6. The van der Waals surface area contributed by atoms with E-state index in [4.69, 9.17) is 18.5 Å². The van der Waals surface area contributed by atoms with Crippen LogP contribution in [0.5, 0.6) is 0 Å². The van der Waals surface area contributed by atoms with E-state index in [0.29, 0.717) is 17.4 Å². The number of phosphoric ester groups is 1. The summed E-state index contributed by atoms with van der Waals surface area (Å²) >= 11 is 0. The number of unbranched alkanes of at least 4 members (excludes halogenated alkanes) is 20. The fourth-order valence-electron chi connectivity index (χ4n) is 5.12. The first kappa shape index (κ1) is 45.0. The molecule has 46 heavy (non-hydrogen) atoms. The van der Waals surface area contributed by atoms with Crippen molar-refractivity contribution < 1.29 is 42.1 Å². The number of esters is 2. The van der Waals surface area contributed by atoms with Crippen LogP contribution in [0.3, 0.4) is 0 Å². The molecule has 0 aromatic heterocycles. The molecule has 9 nitrogen and oxygen atoms in total. The van der Waals surface area contributed by atoms with Gasteiger partial charge in [-0.2, -0.15) is 0 Å². The summed E-state index contributed by atoms with van der Waals surface area (Å²) < 4.78 is 33.6. The van der Waals surface area contributed by atoms with Crippen LogP contribution in [0.2, 0.25) is 0 Å². The van der Waals surface area contributed by atoms with E-state index in [1.807, 2.05) is 21.1 Å². The first-order valence-electron chi connectivity index (χ1n) is 18.7. The highest BCUT2D eigenvalue weighted by atomic mass is 31.2. The zero-order valence-corrected chi connectivity index (χ0v) is 31.4. The lowest BCUT2D eigenvalue weighted by Gasteiger charge is -2.28. The standard InChI is InChI=1S/C36H72NO8P/c1-6-8-10-12-14-16-17-18-19-20-21-23-25-27-29-36(39)45-34(33-44-46(40,41)43-31-30-37(3,4)5)32-42-35(38)28-26-24-22-15-13-11-9-7-2/h34H,6-33H2,1-5H3/t34-/m1/s1. The topological polar surface area (TPSA) is 111 Å². The summed E-state index contributed by atoms with van der Waals surface area (Å²) in [6.07, 6.45) is 25.6. The maximum Gasteiger partial charge on any atom is 0.306 e. The zero-order valence-electron chi connectivity index (χ0n) is 30.5. The van der Waals surface area contributed by atoms with Crippen molar-refractivity contribution in [2.45, 2.75) is 174 Å². The van der Waals surface area contributed by atoms with Crippen molar-refractivity contribution in [3.8, 4) is 0 Å². The highest BCUT2D eigenvalue weighted by molar-refractivity contribution is 7.45. The minimum atomic E-state index is -4.60. The molecule has 0 spiro atoms. The van der Waals surface area contributed by atoms with Crippen LogP contribution in [0.1, 0.15) is 168 Å². The van der Waals surface area contributed by atoms with Gasteiger partial charge in [0.15, 0.2) is 6.10 Å². The minimum absolute atomic E-state index is 0.0263. The third-order valence-corrected chi connectivity index (χ3v) is 9.09. The molecule has 0 aliphatic heterocycles. The van der Waals surface area contributed by atoms with E-state index in [1.54, 1.807) is 0 Å². The largest absolute Gasteiger partial charge is 0.756 e. The number of quaternary nitrogens is 1. The molecule has 274 valence electrons. The number of nitrogens with zero attached hydrogens (tertiary/aromatic N) is 1. The summed E-state index contributed by atoms with van der Waals surface area (Å²) in [5, 5.41) is 0. The predicted molar refractivity (Wildman–Crippen MR) is 185 cm³/mol. The minimum Gasteiger partial charge on any atom is -0.756 e. The summed E-state index contributed by atoms with van der Waals surface area (Å²) in [5.74, 6) is -0.832. The molecule has 1 unspecified atom stereocenters. The Morgan fingerprint density at radius 1 is 0.587 bits per heavy atom. The average Bonchev–Trinajstić information content (AvgIpc) is 2.99. The Labute approximate surface area is 283 Å². The molecule has 0 N–H and O–H groups in total. The second kappa shape index (κ2) is 30.1. The summed E-state index contributed by atoms with van der Waals surface area (Å²) in [5.41, 5.74) is 0. The molecule has 0 aromatic carbocycles. The molecule has 0 heterocycles. The van der Waals surface area contributed by atoms with Gasteiger partial charge in [0.25, 0.3) is 7.82 Å². The van der Waals surface area contributed by atoms with Crippen molar-refractivity contribution in [3.63, 3.8) is 0 Å². The Morgan fingerprint density at radius 2 is 0.978 bits per heavy atom. The number of likely N-dealkylation sites (N-methyl/N-ethyl adjacent to an activating group) is 1. The van der Waals surface area contributed by atoms with Gasteiger partial charge in [-0.3, -0.25) is 14.2 Å². The van der Waals surface area contributed by atoms with Crippen molar-refractivity contribution in [2.75, 3.05) is 47.5 Å². The Hall–Kier alpha value is -0.990. The first-order valence-corrected chi connectivity index (χ1v) is 20.2. The van der Waals surface area contributed by atoms with E-state index in [9.17, 15) is 19.0 Å². The SMILES string of the molecule is CCCCCCCCCCCCCCCCC(=O)O[C@H](COC(=O)CCCCCCCCCC)COP(=O)([O-])OCC[N+](C)(C)C. The van der Waals surface area contributed by atoms with Crippen LogP contribution in [-0.2, 0) is 32.7 Å². The molecule has 2 atom stereocenters. The number of carbonyl (C=O) groups is 2. The molecular formula is C36H72NO8P. The van der Waals surface area contributed by atoms with E-state index >= 15 is 0 Å². The molecule has 0 saturated carbocycles. The van der Waals surface area contributed by atoms with Gasteiger partial charge in [0.2, 0.25) is 0 Å². The second-order valence-electron chi connectivity index (χ2n) is 14.0. The van der Waals surface area contributed by atoms with Gasteiger partial charge >= 0.3 is 11.9 Å². The van der Waals surface area contributed by atoms with Crippen LogP contribution < -0.4 is 4.89 Å². The van der Waals surface area contributed by atoms with Crippen molar-refractivity contribution in [1.29, 1.82) is 0 Å². The lowest BCUT2D eigenvalue weighted by atomic mass is 10.0. The molecule has 0 saturated heterocycles. The summed E-state index contributed by atoms with van der Waals surface area (Å²) in [6, 6.07) is 0. The molecule has 0 aliphatic rings. The summed E-state index contributed by atoms with van der Waals surface area (Å²) in [7, 11) is 1.17. The Bertz CT molecular complexity index is 774. The van der Waals surface area contributed by atoms with E-state index in [2.05, 4.69) is 13.8 Å². The smallest absolute Gasteiger partial charge is 0.306 e. The number of carbonyl (C=O) groups excluding carboxylic acids is 2. The fourth-order valence-corrected chi connectivity index (χ4v) is 5.85. The molecule has 0 amide bonds. The molecule has 0 bridgehead atoms. The van der Waals surface area contributed by atoms with Gasteiger partial charge in [-0.15, -0.1) is 0 Å². The lowest BCUT2D eigenvalue weighted by Crippen LogP contribution is -2.37. The Kier molecular flexibility index (Phi) is 29.4. The molecule has 0 aromatic rings. The van der Waals surface area contributed by atoms with Gasteiger partial charge in [-0.05, 0) is 12.8 Å². The third kappa shape index (κ3) is 32.9. The number of rotatable bonds is 34. The lowest BCUT2D eigenvalue weighted by molar-refractivity contribution is -0.870. The Balaban J connectivity index is 4.39. The van der Waals surface area contributed by atoms with E-state index in [-0.39, 0.29) is 32.0 Å². The van der Waals surface area contributed by atoms with Crippen LogP contribution >= 0.6 is 7.82 Å². The van der Waals surface area contributed by atoms with Crippen molar-refractivity contribution >= 4 is 19.8 Å². The number of ether oxygens (including phenoxy) is 2. The zero-order chi connectivity index (χ0) is 34.4. The maximum absolute atomic E-state index is 12.6. The van der Waals surface area contributed by atoms with Gasteiger partial charge in [-0.1, -0.05) is 142 Å². The average molecular weight is 678 g/mol. The van der Waals surface area contributed by atoms with Gasteiger partial charge in [0.1, 0.15) is 19.8 Å². The molecule has 10 heteroatoms. The number of hydrogen-bond acceptors (Lipinski definition) is 8. The van der Waals surface area contributed by atoms with Crippen LogP contribution in [0.4, 0.5) is 0 Å². The Morgan fingerprint density at radius 3 is 1.39 bits per heavy atom. The molecule has 0 rings (SSSR count). The normalized spacial score (nSPS) is 13.8. The van der Waals surface area contributed by atoms with Crippen molar-refractivity contribution in [1.82, 2.24) is 0 Å². The first-order chi connectivity index (χ1) is 22.0. The number of phosphoric acid groups is 1. The monoisotopic (exact) mass is 677 g/mol. The molecule has 0 aliphatic carbocycles. The van der Waals surface area contributed by atoms with Gasteiger partial charge in [0.05, 0.1) is 27.7 Å². The van der Waals surface area contributed by atoms with Gasteiger partial charge in [-0.25, -0.2) is 0 Å². The molecule has 0 radical (unpaired) electrons. The van der Waals surface area contributed by atoms with Crippen LogP contribution in [-0.4, -0.2) is 70.0 Å². The quantitative estimate of drug-likeness (QED) is 0.0287. The van der Waals surface area contributed by atoms with E-state index < -0.39 is 26.5 Å². The van der Waals surface area contributed by atoms with Crippen LogP contribution in [0, 0.1) is 0 Å². The van der Waals surface area contributed by atoms with Crippen molar-refractivity contribution in [2.24, 2.45) is 0 Å². The van der Waals surface area contributed by atoms with E-state index in [0.717, 1.165) is 32.1 Å². The summed E-state index contributed by atoms with van der Waals surface area (Å²) in [4.78, 5) is 37.2. The highest BCUT2D eigenvalue weighted by Crippen LogP contribution is 2.38. The predicted octanol–water partition coefficient (Wildman–Crippen LogP) is 9.05. The summed E-state index contributed by atoms with van der Waals surface area (Å²) in [6.45, 7) is 4.19. The van der Waals surface area contributed by atoms with E-state index in [1.165, 1.54) is 103 Å².